The van der Waals surface area contributed by atoms with Crippen molar-refractivity contribution in [1.82, 2.24) is 5.32 Å². The number of thioether (sulfide) groups is 1. The van der Waals surface area contributed by atoms with E-state index in [2.05, 4.69) is 5.32 Å². The van der Waals surface area contributed by atoms with E-state index in [0.717, 1.165) is 12.2 Å². The van der Waals surface area contributed by atoms with Crippen LogP contribution < -0.4 is 11.1 Å². The van der Waals surface area contributed by atoms with Crippen LogP contribution >= 0.6 is 11.8 Å². The highest BCUT2D eigenvalue weighted by molar-refractivity contribution is 7.99. The van der Waals surface area contributed by atoms with E-state index in [-0.39, 0.29) is 30.4 Å². The van der Waals surface area contributed by atoms with Crippen molar-refractivity contribution in [2.24, 2.45) is 17.6 Å². The van der Waals surface area contributed by atoms with E-state index in [4.69, 9.17) is 15.2 Å². The number of hydrogen-bond acceptors (Lipinski definition) is 5. The second-order valence-corrected chi connectivity index (χ2v) is 6.06. The Kier molecular flexibility index (Phi) is 12.4. The first-order chi connectivity index (χ1) is 9.99. The molecule has 0 radical (unpaired) electrons. The molecule has 0 aromatic carbocycles. The Morgan fingerprint density at radius 1 is 1.19 bits per heavy atom. The summed E-state index contributed by atoms with van der Waals surface area (Å²) >= 11 is 1.63. The largest absolute Gasteiger partial charge is 0.369 e. The maximum absolute atomic E-state index is 11.5. The van der Waals surface area contributed by atoms with Gasteiger partial charge in [-0.15, -0.1) is 0 Å². The molecule has 21 heavy (non-hydrogen) atoms. The SMILES string of the molecule is CCC(C)C(=O)NCCOCOCCSCC(C)C(N)=O. The maximum atomic E-state index is 11.5. The first-order valence-corrected chi connectivity index (χ1v) is 8.44. The van der Waals surface area contributed by atoms with Crippen LogP contribution in [0.25, 0.3) is 0 Å². The number of ether oxygens (including phenoxy) is 2. The average molecular weight is 320 g/mol. The normalized spacial score (nSPS) is 13.7. The van der Waals surface area contributed by atoms with Crippen molar-refractivity contribution < 1.29 is 19.1 Å². The Morgan fingerprint density at radius 3 is 2.48 bits per heavy atom. The molecule has 0 aliphatic heterocycles. The van der Waals surface area contributed by atoms with Gasteiger partial charge >= 0.3 is 0 Å². The molecule has 0 heterocycles. The van der Waals surface area contributed by atoms with Crippen LogP contribution in [0.5, 0.6) is 0 Å². The lowest BCUT2D eigenvalue weighted by Gasteiger charge is -2.10. The fraction of sp³-hybridized carbons (Fsp3) is 0.857. The zero-order valence-corrected chi connectivity index (χ0v) is 14.0. The summed E-state index contributed by atoms with van der Waals surface area (Å²) in [5, 5.41) is 2.80. The first kappa shape index (κ1) is 20.2. The van der Waals surface area contributed by atoms with Crippen molar-refractivity contribution in [3.05, 3.63) is 0 Å². The maximum Gasteiger partial charge on any atom is 0.222 e. The molecular formula is C14H28N2O4S. The highest BCUT2D eigenvalue weighted by atomic mass is 32.2. The van der Waals surface area contributed by atoms with Crippen LogP contribution in [0, 0.1) is 11.8 Å². The van der Waals surface area contributed by atoms with Crippen LogP contribution in [-0.2, 0) is 19.1 Å². The molecule has 0 saturated heterocycles. The van der Waals surface area contributed by atoms with E-state index in [1.54, 1.807) is 11.8 Å². The molecule has 0 fully saturated rings. The Hall–Kier alpha value is -0.790. The van der Waals surface area contributed by atoms with E-state index in [9.17, 15) is 9.59 Å². The van der Waals surface area contributed by atoms with Crippen LogP contribution in [0.3, 0.4) is 0 Å². The standard InChI is InChI=1S/C14H28N2O4S/c1-4-11(2)14(18)16-5-6-19-10-20-7-8-21-9-12(3)13(15)17/h11-12H,4-10H2,1-3H3,(H2,15,17)(H,16,18). The highest BCUT2D eigenvalue weighted by Crippen LogP contribution is 2.07. The van der Waals surface area contributed by atoms with Gasteiger partial charge in [0.05, 0.1) is 13.2 Å². The van der Waals surface area contributed by atoms with Gasteiger partial charge in [-0.3, -0.25) is 9.59 Å². The van der Waals surface area contributed by atoms with Gasteiger partial charge in [0.1, 0.15) is 6.79 Å². The van der Waals surface area contributed by atoms with Gasteiger partial charge in [-0.1, -0.05) is 20.8 Å². The Morgan fingerprint density at radius 2 is 1.86 bits per heavy atom. The van der Waals surface area contributed by atoms with Crippen molar-refractivity contribution >= 4 is 23.6 Å². The van der Waals surface area contributed by atoms with Crippen LogP contribution in [0.4, 0.5) is 0 Å². The van der Waals surface area contributed by atoms with Crippen LogP contribution in [0.2, 0.25) is 0 Å². The average Bonchev–Trinajstić information content (AvgIpc) is 2.47. The van der Waals surface area contributed by atoms with Crippen molar-refractivity contribution in [2.75, 3.05) is 38.1 Å². The first-order valence-electron chi connectivity index (χ1n) is 7.29. The number of rotatable bonds is 13. The quantitative estimate of drug-likeness (QED) is 0.390. The van der Waals surface area contributed by atoms with E-state index >= 15 is 0 Å². The monoisotopic (exact) mass is 320 g/mol. The third-order valence-corrected chi connectivity index (χ3v) is 4.19. The number of amides is 2. The third kappa shape index (κ3) is 11.5. The summed E-state index contributed by atoms with van der Waals surface area (Å²) in [7, 11) is 0. The Bertz CT molecular complexity index is 303. The zero-order valence-electron chi connectivity index (χ0n) is 13.2. The number of carbonyl (C=O) groups excluding carboxylic acids is 2. The molecule has 2 atom stereocenters. The van der Waals surface area contributed by atoms with Crippen molar-refractivity contribution in [3.63, 3.8) is 0 Å². The lowest BCUT2D eigenvalue weighted by Crippen LogP contribution is -2.31. The van der Waals surface area contributed by atoms with Crippen LogP contribution in [-0.4, -0.2) is 49.9 Å². The van der Waals surface area contributed by atoms with Gasteiger partial charge in [0, 0.05) is 29.9 Å². The highest BCUT2D eigenvalue weighted by Gasteiger charge is 2.09. The molecule has 0 aliphatic rings. The van der Waals surface area contributed by atoms with Crippen molar-refractivity contribution in [3.8, 4) is 0 Å². The fourth-order valence-electron chi connectivity index (χ4n) is 1.24. The van der Waals surface area contributed by atoms with Crippen LogP contribution in [0.15, 0.2) is 0 Å². The van der Waals surface area contributed by atoms with Gasteiger partial charge in [-0.2, -0.15) is 11.8 Å². The van der Waals surface area contributed by atoms with Crippen molar-refractivity contribution in [1.29, 1.82) is 0 Å². The van der Waals surface area contributed by atoms with Gasteiger partial charge < -0.3 is 20.5 Å². The molecule has 0 bridgehead atoms. The van der Waals surface area contributed by atoms with Gasteiger partial charge in [0.2, 0.25) is 11.8 Å². The molecule has 0 aliphatic carbocycles. The van der Waals surface area contributed by atoms with E-state index in [0.29, 0.717) is 25.5 Å². The molecule has 0 saturated carbocycles. The summed E-state index contributed by atoms with van der Waals surface area (Å²) in [6, 6.07) is 0. The number of nitrogens with one attached hydrogen (secondary N) is 1. The third-order valence-electron chi connectivity index (χ3n) is 3.00. The summed E-state index contributed by atoms with van der Waals surface area (Å²) in [6.45, 7) is 7.41. The van der Waals surface area contributed by atoms with E-state index in [1.165, 1.54) is 0 Å². The molecule has 0 rings (SSSR count). The molecule has 2 unspecified atom stereocenters. The molecule has 0 aromatic heterocycles. The van der Waals surface area contributed by atoms with Gasteiger partial charge in [-0.05, 0) is 6.42 Å². The Labute approximate surface area is 131 Å². The van der Waals surface area contributed by atoms with Crippen molar-refractivity contribution in [2.45, 2.75) is 27.2 Å². The molecular weight excluding hydrogens is 292 g/mol. The minimum atomic E-state index is -0.272. The summed E-state index contributed by atoms with van der Waals surface area (Å²) in [5.74, 6) is 1.22. The zero-order chi connectivity index (χ0) is 16.1. The van der Waals surface area contributed by atoms with Gasteiger partial charge in [0.15, 0.2) is 0 Å². The second kappa shape index (κ2) is 12.9. The predicted molar refractivity (Wildman–Crippen MR) is 84.9 cm³/mol. The fourth-order valence-corrected chi connectivity index (χ4v) is 2.16. The summed E-state index contributed by atoms with van der Waals surface area (Å²) in [5.41, 5.74) is 5.16. The smallest absolute Gasteiger partial charge is 0.222 e. The minimum absolute atomic E-state index is 0.0427. The number of hydrogen-bond donors (Lipinski definition) is 2. The second-order valence-electron chi connectivity index (χ2n) is 4.91. The molecule has 124 valence electrons. The van der Waals surface area contributed by atoms with Crippen LogP contribution in [0.1, 0.15) is 27.2 Å². The number of nitrogens with two attached hydrogens (primary N) is 1. The predicted octanol–water partition coefficient (Wildman–Crippen LogP) is 0.994. The minimum Gasteiger partial charge on any atom is -0.369 e. The summed E-state index contributed by atoms with van der Waals surface area (Å²) in [6.07, 6.45) is 0.835. The molecule has 7 heteroatoms. The molecule has 0 aromatic rings. The molecule has 0 spiro atoms. The lowest BCUT2D eigenvalue weighted by molar-refractivity contribution is -0.125. The lowest BCUT2D eigenvalue weighted by atomic mass is 10.1. The van der Waals surface area contributed by atoms with E-state index in [1.807, 2.05) is 20.8 Å². The number of carbonyl (C=O) groups is 2. The molecule has 3 N–H and O–H groups in total. The number of primary amides is 1. The Balaban J connectivity index is 3.26. The van der Waals surface area contributed by atoms with Gasteiger partial charge in [-0.25, -0.2) is 0 Å². The van der Waals surface area contributed by atoms with Gasteiger partial charge in [0.25, 0.3) is 0 Å². The molecule has 2 amide bonds. The molecule has 6 nitrogen and oxygen atoms in total. The summed E-state index contributed by atoms with van der Waals surface area (Å²) < 4.78 is 10.5. The topological polar surface area (TPSA) is 90.7 Å². The summed E-state index contributed by atoms with van der Waals surface area (Å²) in [4.78, 5) is 22.3. The van der Waals surface area contributed by atoms with E-state index < -0.39 is 0 Å².